The minimum atomic E-state index is -0.512. The molecule has 1 unspecified atom stereocenters. The number of nitrogens with zero attached hydrogens (tertiary/aromatic N) is 3. The van der Waals surface area contributed by atoms with Gasteiger partial charge in [-0.2, -0.15) is 0 Å². The highest BCUT2D eigenvalue weighted by atomic mass is 16.6. The summed E-state index contributed by atoms with van der Waals surface area (Å²) in [5, 5.41) is 17.0. The van der Waals surface area contributed by atoms with Crippen LogP contribution in [0.25, 0.3) is 5.69 Å². The molecule has 1 aromatic heterocycles. The molecule has 1 amide bonds. The molecule has 22 heavy (non-hydrogen) atoms. The Morgan fingerprint density at radius 3 is 2.86 bits per heavy atom. The number of nitrogens with one attached hydrogen (secondary N) is 2. The van der Waals surface area contributed by atoms with Gasteiger partial charge in [0, 0.05) is 36.6 Å². The first-order chi connectivity index (χ1) is 10.5. The Hall–Kier alpha value is -2.74. The van der Waals surface area contributed by atoms with E-state index in [0.717, 1.165) is 0 Å². The number of amides is 1. The predicted octanol–water partition coefficient (Wildman–Crippen LogP) is 1.12. The lowest BCUT2D eigenvalue weighted by Crippen LogP contribution is -2.37. The molecule has 0 radical (unpaired) electrons. The van der Waals surface area contributed by atoms with Crippen molar-refractivity contribution in [3.8, 4) is 5.69 Å². The van der Waals surface area contributed by atoms with Crippen molar-refractivity contribution in [2.75, 3.05) is 13.6 Å². The number of likely N-dealkylation sites (N-methyl/N-ethyl adjacent to an activating group) is 1. The molecule has 0 bridgehead atoms. The molecular weight excluding hydrogens is 286 g/mol. The summed E-state index contributed by atoms with van der Waals surface area (Å²) in [5.74, 6) is -0.345. The molecule has 0 saturated heterocycles. The van der Waals surface area contributed by atoms with Crippen LogP contribution in [0.3, 0.4) is 0 Å². The molecule has 0 aliphatic rings. The fraction of sp³-hybridized carbons (Fsp3) is 0.286. The number of imidazole rings is 1. The summed E-state index contributed by atoms with van der Waals surface area (Å²) in [6.45, 7) is 2.36. The van der Waals surface area contributed by atoms with E-state index in [1.807, 2.05) is 6.92 Å². The van der Waals surface area contributed by atoms with Crippen molar-refractivity contribution in [3.63, 3.8) is 0 Å². The number of hydrogen-bond acceptors (Lipinski definition) is 5. The summed E-state index contributed by atoms with van der Waals surface area (Å²) in [7, 11) is 1.79. The van der Waals surface area contributed by atoms with Gasteiger partial charge in [0.05, 0.1) is 11.3 Å². The molecule has 1 heterocycles. The molecule has 8 nitrogen and oxygen atoms in total. The summed E-state index contributed by atoms with van der Waals surface area (Å²) in [6, 6.07) is 4.48. The minimum absolute atomic E-state index is 0.115. The van der Waals surface area contributed by atoms with Crippen LogP contribution in [-0.2, 0) is 0 Å². The van der Waals surface area contributed by atoms with Gasteiger partial charge in [0.1, 0.15) is 5.69 Å². The molecule has 2 aromatic rings. The topological polar surface area (TPSA) is 102 Å². The summed E-state index contributed by atoms with van der Waals surface area (Å²) < 4.78 is 1.53. The van der Waals surface area contributed by atoms with Crippen molar-refractivity contribution in [1.29, 1.82) is 0 Å². The van der Waals surface area contributed by atoms with Gasteiger partial charge in [-0.15, -0.1) is 0 Å². The Morgan fingerprint density at radius 1 is 1.50 bits per heavy atom. The molecule has 0 aliphatic heterocycles. The van der Waals surface area contributed by atoms with Gasteiger partial charge >= 0.3 is 0 Å². The number of carbonyl (C=O) groups excluding carboxylic acids is 1. The molecule has 0 spiro atoms. The molecular formula is C14H17N5O3. The van der Waals surface area contributed by atoms with Crippen LogP contribution in [0, 0.1) is 10.1 Å². The van der Waals surface area contributed by atoms with Crippen LogP contribution in [0.1, 0.15) is 17.3 Å². The number of carbonyl (C=O) groups is 1. The summed E-state index contributed by atoms with van der Waals surface area (Å²) in [4.78, 5) is 26.6. The maximum absolute atomic E-state index is 12.1. The third-order valence-electron chi connectivity index (χ3n) is 3.28. The van der Waals surface area contributed by atoms with Gasteiger partial charge in [0.2, 0.25) is 0 Å². The lowest BCUT2D eigenvalue weighted by Gasteiger charge is -2.12. The van der Waals surface area contributed by atoms with E-state index in [0.29, 0.717) is 12.2 Å². The van der Waals surface area contributed by atoms with Gasteiger partial charge < -0.3 is 15.2 Å². The van der Waals surface area contributed by atoms with Gasteiger partial charge in [0.25, 0.3) is 11.6 Å². The lowest BCUT2D eigenvalue weighted by atomic mass is 10.1. The van der Waals surface area contributed by atoms with Crippen LogP contribution in [0.15, 0.2) is 36.9 Å². The van der Waals surface area contributed by atoms with E-state index in [-0.39, 0.29) is 23.2 Å². The van der Waals surface area contributed by atoms with E-state index >= 15 is 0 Å². The van der Waals surface area contributed by atoms with Gasteiger partial charge in [-0.05, 0) is 26.1 Å². The summed E-state index contributed by atoms with van der Waals surface area (Å²) in [6.07, 6.45) is 4.61. The zero-order chi connectivity index (χ0) is 16.1. The largest absolute Gasteiger partial charge is 0.350 e. The van der Waals surface area contributed by atoms with Crippen molar-refractivity contribution in [1.82, 2.24) is 20.2 Å². The van der Waals surface area contributed by atoms with Crippen molar-refractivity contribution < 1.29 is 9.72 Å². The zero-order valence-electron chi connectivity index (χ0n) is 12.3. The van der Waals surface area contributed by atoms with Crippen LogP contribution in [-0.4, -0.2) is 40.0 Å². The maximum atomic E-state index is 12.1. The molecule has 2 rings (SSSR count). The summed E-state index contributed by atoms with van der Waals surface area (Å²) in [5.41, 5.74) is 0.467. The Bertz CT molecular complexity index is 669. The first-order valence-electron chi connectivity index (χ1n) is 6.75. The molecule has 1 atom stereocenters. The normalized spacial score (nSPS) is 11.9. The van der Waals surface area contributed by atoms with E-state index in [9.17, 15) is 14.9 Å². The Kier molecular flexibility index (Phi) is 4.84. The first kappa shape index (κ1) is 15.6. The Balaban J connectivity index is 2.26. The second kappa shape index (κ2) is 6.81. The molecule has 116 valence electrons. The second-order valence-corrected chi connectivity index (χ2v) is 4.83. The van der Waals surface area contributed by atoms with Crippen LogP contribution < -0.4 is 10.6 Å². The van der Waals surface area contributed by atoms with E-state index in [1.54, 1.807) is 19.3 Å². The smallest absolute Gasteiger partial charge is 0.294 e. The molecule has 0 fully saturated rings. The van der Waals surface area contributed by atoms with Crippen LogP contribution in [0.2, 0.25) is 0 Å². The van der Waals surface area contributed by atoms with E-state index < -0.39 is 4.92 Å². The van der Waals surface area contributed by atoms with Crippen LogP contribution >= 0.6 is 0 Å². The molecule has 8 heteroatoms. The number of hydrogen-bond donors (Lipinski definition) is 2. The Morgan fingerprint density at radius 2 is 2.27 bits per heavy atom. The number of nitro groups is 1. The van der Waals surface area contributed by atoms with E-state index in [1.165, 1.54) is 29.2 Å². The highest BCUT2D eigenvalue weighted by Crippen LogP contribution is 2.24. The molecule has 0 saturated carbocycles. The van der Waals surface area contributed by atoms with Crippen LogP contribution in [0.5, 0.6) is 0 Å². The van der Waals surface area contributed by atoms with Crippen molar-refractivity contribution in [2.24, 2.45) is 0 Å². The standard InChI is InChI=1S/C14H17N5O3/c1-10(15-2)8-17-14(20)11-3-4-12(13(7-11)19(21)22)18-6-5-16-9-18/h3-7,9-10,15H,8H2,1-2H3,(H,17,20). The van der Waals surface area contributed by atoms with Crippen molar-refractivity contribution in [2.45, 2.75) is 13.0 Å². The van der Waals surface area contributed by atoms with Gasteiger partial charge in [0.15, 0.2) is 0 Å². The van der Waals surface area contributed by atoms with Crippen molar-refractivity contribution in [3.05, 3.63) is 52.6 Å². The molecule has 0 aliphatic carbocycles. The fourth-order valence-electron chi connectivity index (χ4n) is 1.88. The minimum Gasteiger partial charge on any atom is -0.350 e. The molecule has 1 aromatic carbocycles. The maximum Gasteiger partial charge on any atom is 0.294 e. The lowest BCUT2D eigenvalue weighted by molar-refractivity contribution is -0.384. The third kappa shape index (κ3) is 3.47. The van der Waals surface area contributed by atoms with E-state index in [2.05, 4.69) is 15.6 Å². The monoisotopic (exact) mass is 303 g/mol. The van der Waals surface area contributed by atoms with Crippen LogP contribution in [0.4, 0.5) is 5.69 Å². The number of benzene rings is 1. The fourth-order valence-corrected chi connectivity index (χ4v) is 1.88. The first-order valence-corrected chi connectivity index (χ1v) is 6.75. The second-order valence-electron chi connectivity index (χ2n) is 4.83. The van der Waals surface area contributed by atoms with Gasteiger partial charge in [-0.1, -0.05) is 0 Å². The highest BCUT2D eigenvalue weighted by Gasteiger charge is 2.18. The zero-order valence-corrected chi connectivity index (χ0v) is 12.3. The SMILES string of the molecule is CNC(C)CNC(=O)c1ccc(-n2ccnc2)c([N+](=O)[O-])c1. The highest BCUT2D eigenvalue weighted by molar-refractivity contribution is 5.95. The number of aromatic nitrogens is 2. The van der Waals surface area contributed by atoms with Gasteiger partial charge in [-0.25, -0.2) is 4.98 Å². The molecule has 2 N–H and O–H groups in total. The van der Waals surface area contributed by atoms with Crippen molar-refractivity contribution >= 4 is 11.6 Å². The van der Waals surface area contributed by atoms with E-state index in [4.69, 9.17) is 0 Å². The number of nitro benzene ring substituents is 1. The number of rotatable bonds is 6. The third-order valence-corrected chi connectivity index (χ3v) is 3.28. The average Bonchev–Trinajstić information content (AvgIpc) is 3.05. The predicted molar refractivity (Wildman–Crippen MR) is 81.1 cm³/mol. The Labute approximate surface area is 127 Å². The van der Waals surface area contributed by atoms with Gasteiger partial charge in [-0.3, -0.25) is 14.9 Å². The summed E-state index contributed by atoms with van der Waals surface area (Å²) >= 11 is 0. The quantitative estimate of drug-likeness (QED) is 0.615. The average molecular weight is 303 g/mol.